The monoisotopic (exact) mass is 352 g/mol. The highest BCUT2D eigenvalue weighted by Gasteiger charge is 2.43. The average Bonchev–Trinajstić information content (AvgIpc) is 2.51. The van der Waals surface area contributed by atoms with Crippen molar-refractivity contribution in [3.63, 3.8) is 0 Å². The van der Waals surface area contributed by atoms with Crippen LogP contribution in [-0.4, -0.2) is 68.6 Å². The second-order valence-electron chi connectivity index (χ2n) is 6.03. The number of aliphatic hydroxyl groups excluding tert-OH is 2. The summed E-state index contributed by atoms with van der Waals surface area (Å²) < 4.78 is 51.2. The second kappa shape index (κ2) is 7.16. The van der Waals surface area contributed by atoms with E-state index in [0.717, 1.165) is 6.20 Å². The van der Waals surface area contributed by atoms with Crippen molar-refractivity contribution in [2.24, 2.45) is 0 Å². The minimum atomic E-state index is -4.64. The van der Waals surface area contributed by atoms with Crippen molar-refractivity contribution in [2.75, 3.05) is 18.5 Å². The molecular formula is C14H20F4N4O2. The summed E-state index contributed by atoms with van der Waals surface area (Å²) in [6.45, 7) is 2.90. The molecule has 1 fully saturated rings. The number of aliphatic hydroxyl groups is 2. The zero-order valence-electron chi connectivity index (χ0n) is 13.2. The highest BCUT2D eigenvalue weighted by atomic mass is 19.4. The fourth-order valence-corrected chi connectivity index (χ4v) is 2.80. The van der Waals surface area contributed by atoms with E-state index in [9.17, 15) is 27.8 Å². The summed E-state index contributed by atoms with van der Waals surface area (Å²) in [6, 6.07) is -1.81. The van der Waals surface area contributed by atoms with Crippen LogP contribution < -0.4 is 5.32 Å². The van der Waals surface area contributed by atoms with Gasteiger partial charge in [-0.3, -0.25) is 9.88 Å². The molecular weight excluding hydrogens is 332 g/mol. The maximum absolute atomic E-state index is 13.2. The molecule has 0 saturated carbocycles. The van der Waals surface area contributed by atoms with Gasteiger partial charge in [0.05, 0.1) is 30.6 Å². The van der Waals surface area contributed by atoms with E-state index in [1.54, 1.807) is 18.7 Å². The number of halogens is 4. The quantitative estimate of drug-likeness (QED) is 0.703. The van der Waals surface area contributed by atoms with Gasteiger partial charge in [0.25, 0.3) is 0 Å². The molecule has 6 nitrogen and oxygen atoms in total. The van der Waals surface area contributed by atoms with Gasteiger partial charge in [-0.2, -0.15) is 13.2 Å². The lowest BCUT2D eigenvalue weighted by Crippen LogP contribution is -2.65. The number of hydrogen-bond acceptors (Lipinski definition) is 6. The largest absolute Gasteiger partial charge is 0.434 e. The Morgan fingerprint density at radius 3 is 2.50 bits per heavy atom. The molecule has 0 unspecified atom stereocenters. The van der Waals surface area contributed by atoms with Crippen molar-refractivity contribution >= 4 is 5.82 Å². The van der Waals surface area contributed by atoms with Gasteiger partial charge in [-0.15, -0.1) is 0 Å². The van der Waals surface area contributed by atoms with E-state index in [2.05, 4.69) is 15.3 Å². The Balaban J connectivity index is 2.20. The smallest absolute Gasteiger partial charge is 0.389 e. The van der Waals surface area contributed by atoms with Crippen LogP contribution in [0.15, 0.2) is 12.4 Å². The van der Waals surface area contributed by atoms with Crippen molar-refractivity contribution in [2.45, 2.75) is 50.4 Å². The second-order valence-corrected chi connectivity index (χ2v) is 6.03. The Kier molecular flexibility index (Phi) is 5.61. The molecule has 0 spiro atoms. The predicted molar refractivity (Wildman–Crippen MR) is 78.1 cm³/mol. The summed E-state index contributed by atoms with van der Waals surface area (Å²) in [6.07, 6.45) is -5.68. The van der Waals surface area contributed by atoms with E-state index >= 15 is 0 Å². The van der Waals surface area contributed by atoms with Crippen LogP contribution in [0.1, 0.15) is 19.5 Å². The Labute approximate surface area is 136 Å². The fourth-order valence-electron chi connectivity index (χ4n) is 2.80. The van der Waals surface area contributed by atoms with Crippen LogP contribution in [0.3, 0.4) is 0 Å². The van der Waals surface area contributed by atoms with Crippen molar-refractivity contribution < 1.29 is 27.8 Å². The number of likely N-dealkylation sites (tertiary alicyclic amines) is 1. The molecule has 1 saturated heterocycles. The van der Waals surface area contributed by atoms with Crippen molar-refractivity contribution in [1.82, 2.24) is 14.9 Å². The molecule has 1 aliphatic heterocycles. The van der Waals surface area contributed by atoms with Crippen LogP contribution in [0.4, 0.5) is 23.4 Å². The molecule has 1 aromatic rings. The lowest BCUT2D eigenvalue weighted by atomic mass is 9.91. The van der Waals surface area contributed by atoms with Crippen LogP contribution >= 0.6 is 0 Å². The predicted octanol–water partition coefficient (Wildman–Crippen LogP) is 1.06. The first-order valence-corrected chi connectivity index (χ1v) is 7.48. The van der Waals surface area contributed by atoms with Crippen molar-refractivity contribution in [3.8, 4) is 0 Å². The maximum Gasteiger partial charge on any atom is 0.434 e. The van der Waals surface area contributed by atoms with E-state index in [1.165, 1.54) is 0 Å². The molecule has 24 heavy (non-hydrogen) atoms. The Hall–Kier alpha value is -1.52. The highest BCUT2D eigenvalue weighted by molar-refractivity contribution is 5.35. The Morgan fingerprint density at radius 2 is 1.96 bits per heavy atom. The third-order valence-electron chi connectivity index (χ3n) is 4.07. The number of aromatic nitrogens is 2. The molecule has 3 N–H and O–H groups in total. The Bertz CT molecular complexity index is 558. The summed E-state index contributed by atoms with van der Waals surface area (Å²) >= 11 is 0. The van der Waals surface area contributed by atoms with Gasteiger partial charge in [-0.25, -0.2) is 9.37 Å². The number of anilines is 1. The normalized spacial score (nSPS) is 29.0. The van der Waals surface area contributed by atoms with E-state index in [0.29, 0.717) is 6.20 Å². The molecule has 4 atom stereocenters. The van der Waals surface area contributed by atoms with Crippen LogP contribution in [0.5, 0.6) is 0 Å². The number of piperidine rings is 1. The molecule has 2 heterocycles. The molecule has 136 valence electrons. The maximum atomic E-state index is 13.2. The first kappa shape index (κ1) is 18.8. The van der Waals surface area contributed by atoms with Crippen molar-refractivity contribution in [1.29, 1.82) is 0 Å². The number of rotatable bonds is 4. The van der Waals surface area contributed by atoms with Gasteiger partial charge in [0.1, 0.15) is 18.6 Å². The molecule has 0 radical (unpaired) electrons. The lowest BCUT2D eigenvalue weighted by Gasteiger charge is -2.46. The van der Waals surface area contributed by atoms with E-state index in [1.807, 2.05) is 0 Å². The van der Waals surface area contributed by atoms with Crippen LogP contribution in [0, 0.1) is 0 Å². The summed E-state index contributed by atoms with van der Waals surface area (Å²) in [4.78, 5) is 8.55. The molecule has 0 amide bonds. The summed E-state index contributed by atoms with van der Waals surface area (Å²) in [5.41, 5.74) is -1.17. The fraction of sp³-hybridized carbons (Fsp3) is 0.714. The number of nitrogens with zero attached hydrogens (tertiary/aromatic N) is 3. The molecule has 2 rings (SSSR count). The third-order valence-corrected chi connectivity index (χ3v) is 4.07. The zero-order chi connectivity index (χ0) is 18.1. The van der Waals surface area contributed by atoms with Gasteiger partial charge >= 0.3 is 6.18 Å². The van der Waals surface area contributed by atoms with Gasteiger partial charge < -0.3 is 15.5 Å². The molecule has 0 bridgehead atoms. The van der Waals surface area contributed by atoms with E-state index in [-0.39, 0.29) is 18.4 Å². The summed E-state index contributed by atoms with van der Waals surface area (Å²) in [7, 11) is 0. The van der Waals surface area contributed by atoms with Crippen LogP contribution in [-0.2, 0) is 6.18 Å². The number of hydrogen-bond donors (Lipinski definition) is 3. The van der Waals surface area contributed by atoms with Crippen molar-refractivity contribution in [3.05, 3.63) is 18.1 Å². The SMILES string of the molecule is CC(C)N1C[C@H](Nc2cncc(C(F)(F)F)n2)[C@@H](O)[C@@H](O)[C@H]1CF. The van der Waals surface area contributed by atoms with Gasteiger partial charge in [-0.05, 0) is 13.8 Å². The van der Waals surface area contributed by atoms with Gasteiger partial charge in [-0.1, -0.05) is 0 Å². The van der Waals surface area contributed by atoms with Gasteiger partial charge in [0.15, 0.2) is 5.69 Å². The Morgan fingerprint density at radius 1 is 1.29 bits per heavy atom. The molecule has 1 aromatic heterocycles. The summed E-state index contributed by atoms with van der Waals surface area (Å²) in [5, 5.41) is 22.9. The average molecular weight is 352 g/mol. The molecule has 1 aliphatic rings. The van der Waals surface area contributed by atoms with E-state index < -0.39 is 42.8 Å². The van der Waals surface area contributed by atoms with Crippen LogP contribution in [0.2, 0.25) is 0 Å². The van der Waals surface area contributed by atoms with Gasteiger partial charge in [0, 0.05) is 12.6 Å². The third kappa shape index (κ3) is 3.93. The highest BCUT2D eigenvalue weighted by Crippen LogP contribution is 2.28. The molecule has 0 aromatic carbocycles. The first-order valence-electron chi connectivity index (χ1n) is 7.48. The lowest BCUT2D eigenvalue weighted by molar-refractivity contribution is -0.141. The summed E-state index contributed by atoms with van der Waals surface area (Å²) in [5.74, 6) is -0.177. The van der Waals surface area contributed by atoms with Crippen LogP contribution in [0.25, 0.3) is 0 Å². The minimum absolute atomic E-state index is 0.121. The molecule has 10 heteroatoms. The number of alkyl halides is 4. The first-order chi connectivity index (χ1) is 11.1. The molecule has 0 aliphatic carbocycles. The standard InChI is InChI=1S/C14H20F4N4O2/c1-7(2)22-6-8(12(23)13(24)9(22)3-15)20-11-5-19-4-10(21-11)14(16,17)18/h4-5,7-9,12-13,23-24H,3,6H2,1-2H3,(H,20,21)/t8-,9+,12+,13-/m0/s1. The zero-order valence-corrected chi connectivity index (χ0v) is 13.2. The van der Waals surface area contributed by atoms with Gasteiger partial charge in [0.2, 0.25) is 0 Å². The van der Waals surface area contributed by atoms with E-state index in [4.69, 9.17) is 0 Å². The minimum Gasteiger partial charge on any atom is -0.389 e. The number of nitrogens with one attached hydrogen (secondary N) is 1. The topological polar surface area (TPSA) is 81.5 Å².